The largest absolute Gasteiger partial charge is 0.512 e. The fraction of sp³-hybridized carbons (Fsp3) is 0.767. The van der Waals surface area contributed by atoms with Crippen LogP contribution >= 0.6 is 0 Å². The Morgan fingerprint density at radius 2 is 1.82 bits per heavy atom. The number of aliphatic hydroxyl groups excluding tert-OH is 2. The molecule has 2 fully saturated rings. The van der Waals surface area contributed by atoms with Crippen LogP contribution in [0.25, 0.3) is 0 Å². The third kappa shape index (κ3) is 3.45. The number of allylic oxidation sites excluding steroid dienone is 6. The van der Waals surface area contributed by atoms with E-state index in [1.807, 2.05) is 0 Å². The lowest BCUT2D eigenvalue weighted by atomic mass is 9.43. The summed E-state index contributed by atoms with van der Waals surface area (Å²) in [5.41, 5.74) is 2.89. The monoisotopic (exact) mass is 470 g/mol. The Morgan fingerprint density at radius 3 is 2.44 bits per heavy atom. The van der Waals surface area contributed by atoms with Crippen molar-refractivity contribution in [2.24, 2.45) is 39.4 Å². The number of aliphatic hydroxyl groups is 2. The molecule has 0 aliphatic heterocycles. The SMILES string of the molecule is CC(C)=CCC[C@@H](C(=O)O)[C@H]1CC[C@@]2(C)C3=C(O)CC4C(C)(C)C(O)CC[C@]4(C)C3=CC[C@]12C. The summed E-state index contributed by atoms with van der Waals surface area (Å²) in [7, 11) is 0. The van der Waals surface area contributed by atoms with Gasteiger partial charge in [0, 0.05) is 11.8 Å². The molecule has 0 spiro atoms. The van der Waals surface area contributed by atoms with Gasteiger partial charge in [-0.3, -0.25) is 4.79 Å². The molecule has 0 heterocycles. The van der Waals surface area contributed by atoms with Gasteiger partial charge in [0.2, 0.25) is 0 Å². The van der Waals surface area contributed by atoms with Crippen molar-refractivity contribution in [1.29, 1.82) is 0 Å². The van der Waals surface area contributed by atoms with Gasteiger partial charge in [-0.25, -0.2) is 0 Å². The molecule has 190 valence electrons. The van der Waals surface area contributed by atoms with E-state index < -0.39 is 5.97 Å². The molecular formula is C30H46O4. The number of hydrogen-bond acceptors (Lipinski definition) is 3. The summed E-state index contributed by atoms with van der Waals surface area (Å²) in [5, 5.41) is 32.6. The van der Waals surface area contributed by atoms with E-state index >= 15 is 0 Å². The summed E-state index contributed by atoms with van der Waals surface area (Å²) in [5.74, 6) is -0.268. The van der Waals surface area contributed by atoms with Crippen molar-refractivity contribution in [2.75, 3.05) is 0 Å². The molecule has 4 aliphatic rings. The van der Waals surface area contributed by atoms with Gasteiger partial charge in [0.05, 0.1) is 17.8 Å². The van der Waals surface area contributed by atoms with Crippen molar-refractivity contribution < 1.29 is 20.1 Å². The van der Waals surface area contributed by atoms with Crippen LogP contribution in [0.2, 0.25) is 0 Å². The molecule has 0 bridgehead atoms. The van der Waals surface area contributed by atoms with Gasteiger partial charge in [0.1, 0.15) is 0 Å². The van der Waals surface area contributed by atoms with Gasteiger partial charge in [0.25, 0.3) is 0 Å². The molecular weight excluding hydrogens is 424 g/mol. The van der Waals surface area contributed by atoms with Crippen molar-refractivity contribution in [3.8, 4) is 0 Å². The molecule has 0 aromatic carbocycles. The number of rotatable bonds is 5. The summed E-state index contributed by atoms with van der Waals surface area (Å²) < 4.78 is 0. The fourth-order valence-electron chi connectivity index (χ4n) is 8.79. The zero-order valence-corrected chi connectivity index (χ0v) is 22.4. The highest BCUT2D eigenvalue weighted by molar-refractivity contribution is 5.71. The Labute approximate surface area is 206 Å². The lowest BCUT2D eigenvalue weighted by Crippen LogP contribution is -2.55. The topological polar surface area (TPSA) is 77.8 Å². The molecule has 34 heavy (non-hydrogen) atoms. The quantitative estimate of drug-likeness (QED) is 0.371. The van der Waals surface area contributed by atoms with Crippen LogP contribution in [-0.4, -0.2) is 27.4 Å². The molecule has 0 radical (unpaired) electrons. The maximum absolute atomic E-state index is 12.5. The van der Waals surface area contributed by atoms with Gasteiger partial charge >= 0.3 is 5.97 Å². The molecule has 4 heteroatoms. The van der Waals surface area contributed by atoms with Crippen LogP contribution in [0, 0.1) is 39.4 Å². The lowest BCUT2D eigenvalue weighted by Gasteiger charge is -2.61. The molecule has 0 amide bonds. The van der Waals surface area contributed by atoms with E-state index in [2.05, 4.69) is 60.6 Å². The van der Waals surface area contributed by atoms with Gasteiger partial charge in [-0.1, -0.05) is 52.3 Å². The Kier molecular flexibility index (Phi) is 6.20. The summed E-state index contributed by atoms with van der Waals surface area (Å²) in [6, 6.07) is 0. The molecule has 2 saturated carbocycles. The minimum Gasteiger partial charge on any atom is -0.512 e. The molecule has 0 saturated heterocycles. The number of hydrogen-bond donors (Lipinski definition) is 3. The van der Waals surface area contributed by atoms with E-state index in [1.165, 1.54) is 11.1 Å². The number of carboxylic acid groups (broad SMARTS) is 1. The first-order chi connectivity index (χ1) is 15.7. The predicted octanol–water partition coefficient (Wildman–Crippen LogP) is 7.21. The van der Waals surface area contributed by atoms with Gasteiger partial charge < -0.3 is 15.3 Å². The molecule has 4 rings (SSSR count). The van der Waals surface area contributed by atoms with Crippen LogP contribution in [0.15, 0.2) is 34.6 Å². The molecule has 2 unspecified atom stereocenters. The summed E-state index contributed by atoms with van der Waals surface area (Å²) in [6.07, 6.45) is 10.6. The van der Waals surface area contributed by atoms with Crippen LogP contribution in [0.3, 0.4) is 0 Å². The first-order valence-corrected chi connectivity index (χ1v) is 13.4. The van der Waals surface area contributed by atoms with E-state index in [-0.39, 0.29) is 45.5 Å². The second-order valence-corrected chi connectivity index (χ2v) is 13.4. The predicted molar refractivity (Wildman–Crippen MR) is 136 cm³/mol. The second kappa shape index (κ2) is 8.25. The second-order valence-electron chi connectivity index (χ2n) is 13.4. The highest BCUT2D eigenvalue weighted by atomic mass is 16.4. The van der Waals surface area contributed by atoms with E-state index in [9.17, 15) is 20.1 Å². The van der Waals surface area contributed by atoms with Crippen LogP contribution in [0.1, 0.15) is 99.8 Å². The maximum Gasteiger partial charge on any atom is 0.306 e. The average molecular weight is 471 g/mol. The van der Waals surface area contributed by atoms with Gasteiger partial charge in [0.15, 0.2) is 0 Å². The van der Waals surface area contributed by atoms with Crippen LogP contribution < -0.4 is 0 Å². The van der Waals surface area contributed by atoms with Gasteiger partial charge in [-0.2, -0.15) is 0 Å². The van der Waals surface area contributed by atoms with Crippen LogP contribution in [0.4, 0.5) is 0 Å². The third-order valence-corrected chi connectivity index (χ3v) is 11.2. The maximum atomic E-state index is 12.5. The Bertz CT molecular complexity index is 951. The normalized spacial score (nSPS) is 41.6. The van der Waals surface area contributed by atoms with E-state index in [0.29, 0.717) is 18.6 Å². The van der Waals surface area contributed by atoms with E-state index in [0.717, 1.165) is 44.1 Å². The van der Waals surface area contributed by atoms with E-state index in [4.69, 9.17) is 0 Å². The van der Waals surface area contributed by atoms with Crippen molar-refractivity contribution in [1.82, 2.24) is 0 Å². The molecule has 4 nitrogen and oxygen atoms in total. The Hall–Kier alpha value is -1.55. The number of aliphatic carboxylic acids is 1. The lowest BCUT2D eigenvalue weighted by molar-refractivity contribution is -0.146. The van der Waals surface area contributed by atoms with Gasteiger partial charge in [-0.15, -0.1) is 0 Å². The number of carboxylic acids is 1. The first-order valence-electron chi connectivity index (χ1n) is 13.4. The standard InChI is InChI=1S/C30H46O4/c1-18(2)9-8-10-19(26(33)34)20-11-16-30(7)25-21(12-15-29(20,30)6)28(5)14-13-24(32)27(3,4)23(28)17-22(25)31/h9,12,19-20,23-24,31-32H,8,10-11,13-17H2,1-7H3,(H,33,34)/t19-,20-,23?,24?,28-,29-,30+/m1/s1. The molecule has 0 aromatic heterocycles. The van der Waals surface area contributed by atoms with Crippen LogP contribution in [0.5, 0.6) is 0 Å². The summed E-state index contributed by atoms with van der Waals surface area (Å²) >= 11 is 0. The minimum absolute atomic E-state index is 0.0671. The molecule has 3 N–H and O–H groups in total. The Morgan fingerprint density at radius 1 is 1.15 bits per heavy atom. The summed E-state index contributed by atoms with van der Waals surface area (Å²) in [6.45, 7) is 15.4. The zero-order chi connectivity index (χ0) is 25.3. The Balaban J connectivity index is 1.75. The first kappa shape index (κ1) is 25.5. The van der Waals surface area contributed by atoms with Crippen molar-refractivity contribution in [3.63, 3.8) is 0 Å². The van der Waals surface area contributed by atoms with Crippen LogP contribution in [-0.2, 0) is 4.79 Å². The smallest absolute Gasteiger partial charge is 0.306 e. The highest BCUT2D eigenvalue weighted by Gasteiger charge is 2.65. The molecule has 4 aliphatic carbocycles. The highest BCUT2D eigenvalue weighted by Crippen LogP contribution is 2.72. The van der Waals surface area contributed by atoms with E-state index in [1.54, 1.807) is 0 Å². The van der Waals surface area contributed by atoms with Crippen molar-refractivity contribution >= 4 is 5.97 Å². The number of fused-ring (bicyclic) bond motifs is 5. The summed E-state index contributed by atoms with van der Waals surface area (Å²) in [4.78, 5) is 12.5. The van der Waals surface area contributed by atoms with Crippen molar-refractivity contribution in [2.45, 2.75) is 106 Å². The fourth-order valence-corrected chi connectivity index (χ4v) is 8.79. The zero-order valence-electron chi connectivity index (χ0n) is 22.4. The van der Waals surface area contributed by atoms with Crippen molar-refractivity contribution in [3.05, 3.63) is 34.6 Å². The third-order valence-electron chi connectivity index (χ3n) is 11.2. The molecule has 0 aromatic rings. The number of carbonyl (C=O) groups is 1. The minimum atomic E-state index is -0.677. The van der Waals surface area contributed by atoms with Gasteiger partial charge in [-0.05, 0) is 98.0 Å². The average Bonchev–Trinajstić information content (AvgIpc) is 3.01. The molecule has 7 atom stereocenters.